The van der Waals surface area contributed by atoms with Crippen LogP contribution in [0.2, 0.25) is 5.15 Å². The molecule has 2 aromatic rings. The van der Waals surface area contributed by atoms with Crippen molar-refractivity contribution in [3.8, 4) is 0 Å². The second-order valence-corrected chi connectivity index (χ2v) is 4.34. The van der Waals surface area contributed by atoms with Gasteiger partial charge in [-0.15, -0.1) is 0 Å². The van der Waals surface area contributed by atoms with Gasteiger partial charge in [-0.1, -0.05) is 27.5 Å². The predicted molar refractivity (Wildman–Crippen MR) is 66.9 cm³/mol. The van der Waals surface area contributed by atoms with Crippen LogP contribution in [0.5, 0.6) is 0 Å². The highest BCUT2D eigenvalue weighted by Gasteiger charge is 2.08. The predicted octanol–water partition coefficient (Wildman–Crippen LogP) is 2.54. The Morgan fingerprint density at radius 3 is 2.76 bits per heavy atom. The number of aromatic nitrogens is 3. The first kappa shape index (κ1) is 11.9. The van der Waals surface area contributed by atoms with E-state index in [0.29, 0.717) is 5.82 Å². The van der Waals surface area contributed by atoms with Crippen LogP contribution in [0.25, 0.3) is 0 Å². The largest absolute Gasteiger partial charge is 0.305 e. The summed E-state index contributed by atoms with van der Waals surface area (Å²) in [7, 11) is 0. The van der Waals surface area contributed by atoms with Gasteiger partial charge >= 0.3 is 0 Å². The summed E-state index contributed by atoms with van der Waals surface area (Å²) in [5, 5.41) is 2.83. The van der Waals surface area contributed by atoms with Crippen LogP contribution < -0.4 is 5.32 Å². The van der Waals surface area contributed by atoms with Crippen LogP contribution in [0, 0.1) is 0 Å². The van der Waals surface area contributed by atoms with Gasteiger partial charge in [-0.3, -0.25) is 4.79 Å². The molecule has 0 spiro atoms. The van der Waals surface area contributed by atoms with Crippen molar-refractivity contribution in [3.63, 3.8) is 0 Å². The molecule has 0 aliphatic rings. The van der Waals surface area contributed by atoms with E-state index in [1.165, 1.54) is 12.4 Å². The summed E-state index contributed by atoms with van der Waals surface area (Å²) >= 11 is 8.85. The summed E-state index contributed by atoms with van der Waals surface area (Å²) in [6, 6.07) is 3.44. The van der Waals surface area contributed by atoms with Gasteiger partial charge in [-0.2, -0.15) is 0 Å². The molecule has 2 rings (SSSR count). The molecule has 1 amide bonds. The van der Waals surface area contributed by atoms with Crippen molar-refractivity contribution >= 4 is 39.3 Å². The van der Waals surface area contributed by atoms with Crippen molar-refractivity contribution in [2.75, 3.05) is 5.32 Å². The Morgan fingerprint density at radius 2 is 2.12 bits per heavy atom. The number of hydrogen-bond acceptors (Lipinski definition) is 4. The zero-order chi connectivity index (χ0) is 12.3. The average molecular weight is 314 g/mol. The molecule has 2 heterocycles. The van der Waals surface area contributed by atoms with Gasteiger partial charge in [0, 0.05) is 10.7 Å². The number of halogens is 2. The lowest BCUT2D eigenvalue weighted by Gasteiger charge is -2.03. The number of rotatable bonds is 2. The van der Waals surface area contributed by atoms with Crippen LogP contribution in [-0.4, -0.2) is 20.9 Å². The Kier molecular flexibility index (Phi) is 3.65. The number of nitrogens with one attached hydrogen (secondary N) is 1. The van der Waals surface area contributed by atoms with Crippen molar-refractivity contribution in [1.29, 1.82) is 0 Å². The molecular formula is C10H6BrClN4O. The summed E-state index contributed by atoms with van der Waals surface area (Å²) in [6.45, 7) is 0. The van der Waals surface area contributed by atoms with E-state index in [1.807, 2.05) is 0 Å². The normalized spacial score (nSPS) is 10.0. The standard InChI is InChI=1S/C10H6BrClN4O/c11-6-1-2-13-9(3-6)16-10(17)7-4-15-8(12)5-14-7/h1-5H,(H,13,16,17). The van der Waals surface area contributed by atoms with Crippen molar-refractivity contribution in [2.24, 2.45) is 0 Å². The van der Waals surface area contributed by atoms with Crippen LogP contribution in [-0.2, 0) is 0 Å². The van der Waals surface area contributed by atoms with E-state index in [-0.39, 0.29) is 16.8 Å². The van der Waals surface area contributed by atoms with E-state index < -0.39 is 0 Å². The molecule has 86 valence electrons. The number of hydrogen-bond donors (Lipinski definition) is 1. The maximum absolute atomic E-state index is 11.7. The highest BCUT2D eigenvalue weighted by molar-refractivity contribution is 9.10. The van der Waals surface area contributed by atoms with Gasteiger partial charge in [0.1, 0.15) is 16.7 Å². The van der Waals surface area contributed by atoms with E-state index in [4.69, 9.17) is 11.6 Å². The first-order valence-corrected chi connectivity index (χ1v) is 5.73. The fraction of sp³-hybridized carbons (Fsp3) is 0. The van der Waals surface area contributed by atoms with E-state index in [9.17, 15) is 4.79 Å². The topological polar surface area (TPSA) is 67.8 Å². The molecule has 17 heavy (non-hydrogen) atoms. The van der Waals surface area contributed by atoms with Gasteiger partial charge in [0.25, 0.3) is 5.91 Å². The molecule has 2 aromatic heterocycles. The average Bonchev–Trinajstić information content (AvgIpc) is 2.29. The van der Waals surface area contributed by atoms with Crippen molar-refractivity contribution in [3.05, 3.63) is 46.0 Å². The van der Waals surface area contributed by atoms with Gasteiger partial charge in [-0.05, 0) is 12.1 Å². The summed E-state index contributed by atoms with van der Waals surface area (Å²) in [6.07, 6.45) is 4.19. The zero-order valence-corrected chi connectivity index (χ0v) is 10.7. The molecule has 0 fully saturated rings. The minimum Gasteiger partial charge on any atom is -0.305 e. The molecule has 0 unspecified atom stereocenters. The molecule has 0 saturated carbocycles. The van der Waals surface area contributed by atoms with Crippen LogP contribution in [0.1, 0.15) is 10.5 Å². The van der Waals surface area contributed by atoms with Gasteiger partial charge < -0.3 is 5.32 Å². The lowest BCUT2D eigenvalue weighted by atomic mass is 10.4. The number of nitrogens with zero attached hydrogens (tertiary/aromatic N) is 3. The molecule has 7 heteroatoms. The fourth-order valence-electron chi connectivity index (χ4n) is 1.08. The highest BCUT2D eigenvalue weighted by atomic mass is 79.9. The van der Waals surface area contributed by atoms with Crippen molar-refractivity contribution < 1.29 is 4.79 Å². The number of amides is 1. The molecule has 0 aliphatic heterocycles. The minimum atomic E-state index is -0.389. The SMILES string of the molecule is O=C(Nc1cc(Br)ccn1)c1cnc(Cl)cn1. The lowest BCUT2D eigenvalue weighted by molar-refractivity contribution is 0.102. The maximum Gasteiger partial charge on any atom is 0.277 e. The maximum atomic E-state index is 11.7. The third-order valence-corrected chi connectivity index (χ3v) is 2.50. The fourth-order valence-corrected chi connectivity index (χ4v) is 1.52. The van der Waals surface area contributed by atoms with Crippen LogP contribution in [0.15, 0.2) is 35.2 Å². The monoisotopic (exact) mass is 312 g/mol. The molecule has 1 N–H and O–H groups in total. The smallest absolute Gasteiger partial charge is 0.277 e. The Balaban J connectivity index is 2.14. The van der Waals surface area contributed by atoms with Gasteiger partial charge in [-0.25, -0.2) is 15.0 Å². The number of pyridine rings is 1. The minimum absolute atomic E-state index is 0.177. The molecule has 0 aliphatic carbocycles. The van der Waals surface area contributed by atoms with Crippen molar-refractivity contribution in [1.82, 2.24) is 15.0 Å². The lowest BCUT2D eigenvalue weighted by Crippen LogP contribution is -2.14. The first-order valence-electron chi connectivity index (χ1n) is 4.55. The molecule has 0 bridgehead atoms. The molecule has 5 nitrogen and oxygen atoms in total. The Hall–Kier alpha value is -1.53. The van der Waals surface area contributed by atoms with Gasteiger partial charge in [0.05, 0.1) is 12.4 Å². The molecule has 0 saturated heterocycles. The summed E-state index contributed by atoms with van der Waals surface area (Å²) in [4.78, 5) is 23.3. The third-order valence-electron chi connectivity index (χ3n) is 1.82. The highest BCUT2D eigenvalue weighted by Crippen LogP contribution is 2.13. The Bertz CT molecular complexity index is 546. The van der Waals surface area contributed by atoms with Gasteiger partial charge in [0.15, 0.2) is 0 Å². The first-order chi connectivity index (χ1) is 8.15. The third kappa shape index (κ3) is 3.21. The summed E-state index contributed by atoms with van der Waals surface area (Å²) in [5.74, 6) is 0.0425. The molecule has 0 atom stereocenters. The van der Waals surface area contributed by atoms with Crippen LogP contribution in [0.4, 0.5) is 5.82 Å². The van der Waals surface area contributed by atoms with Crippen LogP contribution >= 0.6 is 27.5 Å². The quantitative estimate of drug-likeness (QED) is 0.925. The summed E-state index contributed by atoms with van der Waals surface area (Å²) in [5.41, 5.74) is 0.177. The Labute approximate surface area is 110 Å². The van der Waals surface area contributed by atoms with Gasteiger partial charge in [0.2, 0.25) is 0 Å². The second kappa shape index (κ2) is 5.20. The van der Waals surface area contributed by atoms with E-state index in [2.05, 4.69) is 36.2 Å². The Morgan fingerprint density at radius 1 is 1.29 bits per heavy atom. The zero-order valence-electron chi connectivity index (χ0n) is 8.39. The van der Waals surface area contributed by atoms with E-state index in [1.54, 1.807) is 18.3 Å². The van der Waals surface area contributed by atoms with E-state index in [0.717, 1.165) is 4.47 Å². The summed E-state index contributed by atoms with van der Waals surface area (Å²) < 4.78 is 0.824. The number of anilines is 1. The van der Waals surface area contributed by atoms with Crippen molar-refractivity contribution in [2.45, 2.75) is 0 Å². The second-order valence-electron chi connectivity index (χ2n) is 3.04. The molecule has 0 radical (unpaired) electrons. The number of carbonyl (C=O) groups is 1. The molecular weight excluding hydrogens is 307 g/mol. The number of carbonyl (C=O) groups excluding carboxylic acids is 1. The molecule has 0 aromatic carbocycles. The van der Waals surface area contributed by atoms with E-state index >= 15 is 0 Å². The van der Waals surface area contributed by atoms with Crippen LogP contribution in [0.3, 0.4) is 0 Å².